The first kappa shape index (κ1) is 11.7. The Bertz CT molecular complexity index is 309. The van der Waals surface area contributed by atoms with E-state index in [1.807, 2.05) is 0 Å². The highest BCUT2D eigenvalue weighted by molar-refractivity contribution is 5.22. The lowest BCUT2D eigenvalue weighted by atomic mass is 9.91. The number of unbranched alkanes of at least 4 members (excludes halogenated alkanes) is 1. The fourth-order valence-electron chi connectivity index (χ4n) is 2.43. The van der Waals surface area contributed by atoms with Crippen LogP contribution in [0.5, 0.6) is 0 Å². The molecule has 1 aromatic carbocycles. The van der Waals surface area contributed by atoms with Gasteiger partial charge in [-0.15, -0.1) is 0 Å². The van der Waals surface area contributed by atoms with E-state index in [0.717, 1.165) is 5.92 Å². The van der Waals surface area contributed by atoms with E-state index in [-0.39, 0.29) is 0 Å². The van der Waals surface area contributed by atoms with E-state index in [1.165, 1.54) is 50.0 Å². The summed E-state index contributed by atoms with van der Waals surface area (Å²) in [6, 6.07) is 9.01. The third-order valence-corrected chi connectivity index (χ3v) is 3.51. The average Bonchev–Trinajstić information content (AvgIpc) is 2.24. The van der Waals surface area contributed by atoms with Crippen molar-refractivity contribution in [3.8, 4) is 0 Å². The minimum atomic E-state index is 0.902. The Hall–Kier alpha value is -0.820. The second-order valence-electron chi connectivity index (χ2n) is 5.17. The number of hydrogen-bond acceptors (Lipinski definition) is 1. The van der Waals surface area contributed by atoms with E-state index < -0.39 is 0 Å². The van der Waals surface area contributed by atoms with Crippen molar-refractivity contribution in [1.29, 1.82) is 0 Å². The van der Waals surface area contributed by atoms with Crippen LogP contribution in [0, 0.1) is 12.8 Å². The lowest BCUT2D eigenvalue weighted by molar-refractivity contribution is 0.0991. The Balaban J connectivity index is 1.71. The average molecular weight is 217 g/mol. The summed E-state index contributed by atoms with van der Waals surface area (Å²) in [6.07, 6.45) is 3.94. The first-order chi connectivity index (χ1) is 7.78. The molecule has 1 aromatic rings. The molecule has 16 heavy (non-hydrogen) atoms. The molecular formula is C15H23N. The topological polar surface area (TPSA) is 3.24 Å². The molecule has 1 saturated heterocycles. The first-order valence-electron chi connectivity index (χ1n) is 6.56. The van der Waals surface area contributed by atoms with E-state index >= 15 is 0 Å². The normalized spacial score (nSPS) is 17.4. The second kappa shape index (κ2) is 5.49. The van der Waals surface area contributed by atoms with Crippen molar-refractivity contribution < 1.29 is 0 Å². The minimum absolute atomic E-state index is 0.902. The molecule has 0 aliphatic carbocycles. The van der Waals surface area contributed by atoms with Crippen LogP contribution in [-0.4, -0.2) is 24.5 Å². The van der Waals surface area contributed by atoms with Crippen LogP contribution >= 0.6 is 0 Å². The van der Waals surface area contributed by atoms with Gasteiger partial charge in [0.1, 0.15) is 0 Å². The molecule has 1 nitrogen and oxygen atoms in total. The Kier molecular flexibility index (Phi) is 4.00. The van der Waals surface area contributed by atoms with Crippen molar-refractivity contribution in [3.63, 3.8) is 0 Å². The molecule has 0 unspecified atom stereocenters. The van der Waals surface area contributed by atoms with Crippen LogP contribution in [0.15, 0.2) is 24.3 Å². The Morgan fingerprint density at radius 2 is 1.88 bits per heavy atom. The maximum absolute atomic E-state index is 2.59. The highest BCUT2D eigenvalue weighted by atomic mass is 15.2. The van der Waals surface area contributed by atoms with Crippen LogP contribution < -0.4 is 0 Å². The predicted octanol–water partition coefficient (Wildman–Crippen LogP) is 3.27. The molecule has 1 aliphatic heterocycles. The van der Waals surface area contributed by atoms with Crippen molar-refractivity contribution in [3.05, 3.63) is 35.4 Å². The van der Waals surface area contributed by atoms with Crippen molar-refractivity contribution in [2.75, 3.05) is 19.6 Å². The summed E-state index contributed by atoms with van der Waals surface area (Å²) in [4.78, 5) is 2.59. The van der Waals surface area contributed by atoms with Crippen LogP contribution in [0.2, 0.25) is 0 Å². The lowest BCUT2D eigenvalue weighted by Crippen LogP contribution is -2.47. The van der Waals surface area contributed by atoms with Gasteiger partial charge in [-0.2, -0.15) is 0 Å². The molecule has 0 spiro atoms. The molecule has 0 N–H and O–H groups in total. The SMILES string of the molecule is CCCCN1CC(Cc2ccc(C)cc2)C1. The molecule has 0 radical (unpaired) electrons. The van der Waals surface area contributed by atoms with Gasteiger partial charge in [-0.3, -0.25) is 0 Å². The first-order valence-corrected chi connectivity index (χ1v) is 6.56. The van der Waals surface area contributed by atoms with Crippen molar-refractivity contribution in [2.24, 2.45) is 5.92 Å². The second-order valence-corrected chi connectivity index (χ2v) is 5.17. The summed E-state index contributed by atoms with van der Waals surface area (Å²) in [5, 5.41) is 0. The molecule has 0 bridgehead atoms. The number of nitrogens with zero attached hydrogens (tertiary/aromatic N) is 1. The molecular weight excluding hydrogens is 194 g/mol. The molecule has 1 heteroatoms. The number of likely N-dealkylation sites (tertiary alicyclic amines) is 1. The van der Waals surface area contributed by atoms with E-state index in [9.17, 15) is 0 Å². The summed E-state index contributed by atoms with van der Waals surface area (Å²) in [5.74, 6) is 0.902. The number of rotatable bonds is 5. The van der Waals surface area contributed by atoms with Crippen LogP contribution in [-0.2, 0) is 6.42 Å². The van der Waals surface area contributed by atoms with Gasteiger partial charge >= 0.3 is 0 Å². The van der Waals surface area contributed by atoms with Gasteiger partial charge in [-0.05, 0) is 37.8 Å². The highest BCUT2D eigenvalue weighted by Crippen LogP contribution is 2.20. The summed E-state index contributed by atoms with van der Waals surface area (Å²) < 4.78 is 0. The van der Waals surface area contributed by atoms with Gasteiger partial charge in [0.15, 0.2) is 0 Å². The zero-order valence-corrected chi connectivity index (χ0v) is 10.6. The minimum Gasteiger partial charge on any atom is -0.303 e. The molecule has 0 saturated carbocycles. The van der Waals surface area contributed by atoms with Gasteiger partial charge in [0.25, 0.3) is 0 Å². The molecule has 1 fully saturated rings. The zero-order valence-electron chi connectivity index (χ0n) is 10.6. The predicted molar refractivity (Wildman–Crippen MR) is 69.7 cm³/mol. The lowest BCUT2D eigenvalue weighted by Gasteiger charge is -2.39. The van der Waals surface area contributed by atoms with Crippen LogP contribution in [0.3, 0.4) is 0 Å². The van der Waals surface area contributed by atoms with Gasteiger partial charge in [-0.1, -0.05) is 43.2 Å². The van der Waals surface area contributed by atoms with Crippen molar-refractivity contribution >= 4 is 0 Å². The van der Waals surface area contributed by atoms with E-state index in [0.29, 0.717) is 0 Å². The summed E-state index contributed by atoms with van der Waals surface area (Å²) in [6.45, 7) is 8.35. The van der Waals surface area contributed by atoms with Gasteiger partial charge in [0.05, 0.1) is 0 Å². The molecule has 88 valence electrons. The molecule has 0 amide bonds. The van der Waals surface area contributed by atoms with Crippen molar-refractivity contribution in [1.82, 2.24) is 4.90 Å². The van der Waals surface area contributed by atoms with E-state index in [4.69, 9.17) is 0 Å². The zero-order chi connectivity index (χ0) is 11.4. The maximum atomic E-state index is 2.59. The summed E-state index contributed by atoms with van der Waals surface area (Å²) >= 11 is 0. The Labute approximate surface area is 99.5 Å². The van der Waals surface area contributed by atoms with Gasteiger partial charge in [0, 0.05) is 13.1 Å². The molecule has 2 rings (SSSR count). The van der Waals surface area contributed by atoms with E-state index in [2.05, 4.69) is 43.0 Å². The summed E-state index contributed by atoms with van der Waals surface area (Å²) in [5.41, 5.74) is 2.87. The largest absolute Gasteiger partial charge is 0.303 e. The molecule has 0 atom stereocenters. The number of aryl methyl sites for hydroxylation is 1. The van der Waals surface area contributed by atoms with Gasteiger partial charge in [0.2, 0.25) is 0 Å². The van der Waals surface area contributed by atoms with Crippen molar-refractivity contribution in [2.45, 2.75) is 33.1 Å². The quantitative estimate of drug-likeness (QED) is 0.731. The Morgan fingerprint density at radius 1 is 1.19 bits per heavy atom. The third kappa shape index (κ3) is 3.08. The summed E-state index contributed by atoms with van der Waals surface area (Å²) in [7, 11) is 0. The molecule has 0 aromatic heterocycles. The van der Waals surface area contributed by atoms with Crippen LogP contribution in [0.1, 0.15) is 30.9 Å². The fraction of sp³-hybridized carbons (Fsp3) is 0.600. The standard InChI is InChI=1S/C15H23N/c1-3-4-9-16-11-15(12-16)10-14-7-5-13(2)6-8-14/h5-8,15H,3-4,9-12H2,1-2H3. The molecule has 1 aliphatic rings. The monoisotopic (exact) mass is 217 g/mol. The fourth-order valence-corrected chi connectivity index (χ4v) is 2.43. The maximum Gasteiger partial charge on any atom is 0.00252 e. The Morgan fingerprint density at radius 3 is 2.50 bits per heavy atom. The molecule has 1 heterocycles. The number of hydrogen-bond donors (Lipinski definition) is 0. The van der Waals surface area contributed by atoms with E-state index in [1.54, 1.807) is 0 Å². The third-order valence-electron chi connectivity index (χ3n) is 3.51. The highest BCUT2D eigenvalue weighted by Gasteiger charge is 2.25. The van der Waals surface area contributed by atoms with Crippen LogP contribution in [0.4, 0.5) is 0 Å². The van der Waals surface area contributed by atoms with Gasteiger partial charge < -0.3 is 4.90 Å². The smallest absolute Gasteiger partial charge is 0.00252 e. The number of benzene rings is 1. The van der Waals surface area contributed by atoms with Crippen LogP contribution in [0.25, 0.3) is 0 Å². The van der Waals surface area contributed by atoms with Gasteiger partial charge in [-0.25, -0.2) is 0 Å².